The first-order valence-electron chi connectivity index (χ1n) is 7.18. The SMILES string of the molecule is c1ccc(CNc2c3c(nc4ccccc24)CSC3)cc1. The van der Waals surface area contributed by atoms with E-state index in [1.807, 2.05) is 11.8 Å². The minimum Gasteiger partial charge on any atom is -0.380 e. The van der Waals surface area contributed by atoms with Gasteiger partial charge < -0.3 is 5.32 Å². The lowest BCUT2D eigenvalue weighted by molar-refractivity contribution is 1.12. The zero-order valence-electron chi connectivity index (χ0n) is 11.7. The summed E-state index contributed by atoms with van der Waals surface area (Å²) in [6.45, 7) is 0.853. The smallest absolute Gasteiger partial charge is 0.0726 e. The average Bonchev–Trinajstić information content (AvgIpc) is 3.00. The summed E-state index contributed by atoms with van der Waals surface area (Å²) in [5, 5.41) is 4.88. The van der Waals surface area contributed by atoms with E-state index in [1.54, 1.807) is 0 Å². The molecule has 0 aliphatic carbocycles. The Kier molecular flexibility index (Phi) is 3.28. The number of nitrogens with one attached hydrogen (secondary N) is 1. The van der Waals surface area contributed by atoms with Gasteiger partial charge in [-0.1, -0.05) is 48.5 Å². The number of thioether (sulfide) groups is 1. The minimum absolute atomic E-state index is 0.853. The van der Waals surface area contributed by atoms with E-state index in [2.05, 4.69) is 59.9 Å². The molecule has 2 heterocycles. The molecule has 0 radical (unpaired) electrons. The van der Waals surface area contributed by atoms with Gasteiger partial charge in [-0.3, -0.25) is 4.98 Å². The molecule has 0 unspecified atom stereocenters. The van der Waals surface area contributed by atoms with Gasteiger partial charge in [0, 0.05) is 34.7 Å². The maximum absolute atomic E-state index is 4.81. The summed E-state index contributed by atoms with van der Waals surface area (Å²) < 4.78 is 0. The van der Waals surface area contributed by atoms with E-state index in [1.165, 1.54) is 27.9 Å². The van der Waals surface area contributed by atoms with Crippen LogP contribution in [-0.4, -0.2) is 4.98 Å². The lowest BCUT2D eigenvalue weighted by Gasteiger charge is -2.14. The zero-order chi connectivity index (χ0) is 14.1. The molecule has 0 spiro atoms. The van der Waals surface area contributed by atoms with E-state index < -0.39 is 0 Å². The summed E-state index contributed by atoms with van der Waals surface area (Å²) in [6.07, 6.45) is 0. The van der Waals surface area contributed by atoms with E-state index in [4.69, 9.17) is 4.98 Å². The number of pyridine rings is 1. The van der Waals surface area contributed by atoms with Gasteiger partial charge in [-0.2, -0.15) is 11.8 Å². The number of para-hydroxylation sites is 1. The van der Waals surface area contributed by atoms with Crippen LogP contribution in [0.4, 0.5) is 5.69 Å². The molecule has 1 aliphatic heterocycles. The molecule has 3 heteroatoms. The quantitative estimate of drug-likeness (QED) is 0.764. The van der Waals surface area contributed by atoms with Crippen molar-refractivity contribution in [1.82, 2.24) is 4.98 Å². The van der Waals surface area contributed by atoms with Crippen molar-refractivity contribution in [2.24, 2.45) is 0 Å². The maximum atomic E-state index is 4.81. The van der Waals surface area contributed by atoms with Gasteiger partial charge in [0.1, 0.15) is 0 Å². The number of hydrogen-bond donors (Lipinski definition) is 1. The second-order valence-corrected chi connectivity index (χ2v) is 6.25. The Hall–Kier alpha value is -2.00. The maximum Gasteiger partial charge on any atom is 0.0726 e. The molecular formula is C18H16N2S. The number of anilines is 1. The molecule has 3 aromatic rings. The second kappa shape index (κ2) is 5.41. The van der Waals surface area contributed by atoms with E-state index in [0.717, 1.165) is 23.6 Å². The van der Waals surface area contributed by atoms with Crippen LogP contribution in [-0.2, 0) is 18.1 Å². The molecule has 0 atom stereocenters. The predicted molar refractivity (Wildman–Crippen MR) is 90.5 cm³/mol. The van der Waals surface area contributed by atoms with Crippen molar-refractivity contribution in [1.29, 1.82) is 0 Å². The van der Waals surface area contributed by atoms with Gasteiger partial charge in [-0.05, 0) is 11.6 Å². The molecule has 0 amide bonds. The lowest BCUT2D eigenvalue weighted by atomic mass is 10.1. The second-order valence-electron chi connectivity index (χ2n) is 5.26. The Labute approximate surface area is 128 Å². The van der Waals surface area contributed by atoms with Crippen LogP contribution in [0.1, 0.15) is 16.8 Å². The molecule has 0 bridgehead atoms. The molecule has 0 saturated heterocycles. The fourth-order valence-electron chi connectivity index (χ4n) is 2.82. The number of nitrogens with zero attached hydrogens (tertiary/aromatic N) is 1. The lowest BCUT2D eigenvalue weighted by Crippen LogP contribution is -2.04. The third kappa shape index (κ3) is 2.38. The fraction of sp³-hybridized carbons (Fsp3) is 0.167. The summed E-state index contributed by atoms with van der Waals surface area (Å²) in [4.78, 5) is 4.81. The number of hydrogen-bond acceptors (Lipinski definition) is 3. The fourth-order valence-corrected chi connectivity index (χ4v) is 3.86. The van der Waals surface area contributed by atoms with Crippen LogP contribution in [0.2, 0.25) is 0 Å². The number of fused-ring (bicyclic) bond motifs is 2. The first-order chi connectivity index (χ1) is 10.4. The monoisotopic (exact) mass is 292 g/mol. The van der Waals surface area contributed by atoms with E-state index >= 15 is 0 Å². The van der Waals surface area contributed by atoms with Gasteiger partial charge in [0.2, 0.25) is 0 Å². The van der Waals surface area contributed by atoms with Crippen molar-refractivity contribution in [3.63, 3.8) is 0 Å². The molecule has 1 aromatic heterocycles. The number of rotatable bonds is 3. The van der Waals surface area contributed by atoms with Crippen molar-refractivity contribution in [2.45, 2.75) is 18.1 Å². The van der Waals surface area contributed by atoms with Crippen LogP contribution in [0.25, 0.3) is 10.9 Å². The van der Waals surface area contributed by atoms with Gasteiger partial charge in [-0.25, -0.2) is 0 Å². The standard InChI is InChI=1S/C18H16N2S/c1-2-6-13(7-3-1)10-19-18-14-8-4-5-9-16(14)20-17-12-21-11-15(17)18/h1-9H,10-12H2,(H,19,20). The van der Waals surface area contributed by atoms with Crippen LogP contribution >= 0.6 is 11.8 Å². The number of aromatic nitrogens is 1. The molecule has 0 fully saturated rings. The number of benzene rings is 2. The largest absolute Gasteiger partial charge is 0.380 e. The molecule has 2 aromatic carbocycles. The predicted octanol–water partition coefficient (Wildman–Crippen LogP) is 4.59. The summed E-state index contributed by atoms with van der Waals surface area (Å²) in [5.74, 6) is 2.09. The molecule has 104 valence electrons. The van der Waals surface area contributed by atoms with Gasteiger partial charge in [0.25, 0.3) is 0 Å². The minimum atomic E-state index is 0.853. The summed E-state index contributed by atoms with van der Waals surface area (Å²) in [6, 6.07) is 19.0. The molecular weight excluding hydrogens is 276 g/mol. The molecule has 21 heavy (non-hydrogen) atoms. The van der Waals surface area contributed by atoms with Gasteiger partial charge in [0.15, 0.2) is 0 Å². The Bertz CT molecular complexity index is 784. The highest BCUT2D eigenvalue weighted by Gasteiger charge is 2.19. The van der Waals surface area contributed by atoms with Crippen LogP contribution in [0.15, 0.2) is 54.6 Å². The normalized spacial score (nSPS) is 13.3. The van der Waals surface area contributed by atoms with E-state index in [0.29, 0.717) is 0 Å². The first-order valence-corrected chi connectivity index (χ1v) is 8.33. The topological polar surface area (TPSA) is 24.9 Å². The Morgan fingerprint density at radius 1 is 0.952 bits per heavy atom. The highest BCUT2D eigenvalue weighted by Crippen LogP contribution is 2.38. The summed E-state index contributed by atoms with van der Waals surface area (Å²) in [7, 11) is 0. The van der Waals surface area contributed by atoms with Crippen molar-refractivity contribution in [3.8, 4) is 0 Å². The van der Waals surface area contributed by atoms with Gasteiger partial charge in [0.05, 0.1) is 11.2 Å². The molecule has 0 saturated carbocycles. The van der Waals surface area contributed by atoms with E-state index in [-0.39, 0.29) is 0 Å². The Balaban J connectivity index is 1.76. The molecule has 4 rings (SSSR count). The average molecular weight is 292 g/mol. The van der Waals surface area contributed by atoms with E-state index in [9.17, 15) is 0 Å². The van der Waals surface area contributed by atoms with Crippen LogP contribution < -0.4 is 5.32 Å². The molecule has 2 nitrogen and oxygen atoms in total. The van der Waals surface area contributed by atoms with Gasteiger partial charge in [-0.15, -0.1) is 0 Å². The highest BCUT2D eigenvalue weighted by atomic mass is 32.2. The third-order valence-electron chi connectivity index (χ3n) is 3.88. The highest BCUT2D eigenvalue weighted by molar-refractivity contribution is 7.98. The Morgan fingerprint density at radius 2 is 1.76 bits per heavy atom. The Morgan fingerprint density at radius 3 is 2.67 bits per heavy atom. The molecule has 1 N–H and O–H groups in total. The van der Waals surface area contributed by atoms with Crippen LogP contribution in [0, 0.1) is 0 Å². The summed E-state index contributed by atoms with van der Waals surface area (Å²) >= 11 is 1.95. The van der Waals surface area contributed by atoms with Crippen LogP contribution in [0.5, 0.6) is 0 Å². The zero-order valence-corrected chi connectivity index (χ0v) is 12.5. The van der Waals surface area contributed by atoms with Crippen LogP contribution in [0.3, 0.4) is 0 Å². The first kappa shape index (κ1) is 12.7. The van der Waals surface area contributed by atoms with Crippen molar-refractivity contribution in [3.05, 3.63) is 71.4 Å². The van der Waals surface area contributed by atoms with Crippen molar-refractivity contribution in [2.75, 3.05) is 5.32 Å². The van der Waals surface area contributed by atoms with Crippen molar-refractivity contribution >= 4 is 28.4 Å². The third-order valence-corrected chi connectivity index (χ3v) is 4.85. The molecule has 1 aliphatic rings. The van der Waals surface area contributed by atoms with Crippen molar-refractivity contribution < 1.29 is 0 Å². The summed E-state index contributed by atoms with van der Waals surface area (Å²) in [5.41, 5.74) is 6.29. The van der Waals surface area contributed by atoms with Gasteiger partial charge >= 0.3 is 0 Å².